The molecule has 0 saturated carbocycles. The quantitative estimate of drug-likeness (QED) is 0.540. The minimum Gasteiger partial charge on any atom is -0.354 e. The van der Waals surface area contributed by atoms with Crippen molar-refractivity contribution >= 4 is 40.5 Å². The fraction of sp³-hybridized carbons (Fsp3) is 0.118. The maximum Gasteiger partial charge on any atom is 0.253 e. The molecule has 4 N–H and O–H groups in total. The van der Waals surface area contributed by atoms with Crippen molar-refractivity contribution in [3.63, 3.8) is 0 Å². The average molecular weight is 357 g/mol. The third-order valence-corrected chi connectivity index (χ3v) is 3.70. The molecule has 1 aromatic carbocycles. The van der Waals surface area contributed by atoms with Crippen LogP contribution in [0.4, 0.5) is 23.0 Å². The number of anilines is 4. The summed E-state index contributed by atoms with van der Waals surface area (Å²) in [6.45, 7) is 2.43. The number of aromatic nitrogens is 3. The predicted molar refractivity (Wildman–Crippen MR) is 98.8 cm³/mol. The number of carbonyl (C=O) groups is 1. The highest BCUT2D eigenvalue weighted by molar-refractivity contribution is 6.33. The number of benzene rings is 1. The zero-order chi connectivity index (χ0) is 17.6. The van der Waals surface area contributed by atoms with E-state index in [9.17, 15) is 4.79 Å². The van der Waals surface area contributed by atoms with Gasteiger partial charge in [0.1, 0.15) is 11.6 Å². The molecular weight excluding hydrogens is 340 g/mol. The molecule has 128 valence electrons. The number of nitrogens with one attached hydrogen (secondary N) is 4. The summed E-state index contributed by atoms with van der Waals surface area (Å²) < 4.78 is 0. The third-order valence-electron chi connectivity index (χ3n) is 3.40. The summed E-state index contributed by atoms with van der Waals surface area (Å²) >= 11 is 6.25. The largest absolute Gasteiger partial charge is 0.354 e. The molecule has 2 aromatic heterocycles. The number of hydrogen-bond acceptors (Lipinski definition) is 5. The first-order valence-electron chi connectivity index (χ1n) is 7.73. The molecule has 2 heterocycles. The Morgan fingerprint density at radius 2 is 2.04 bits per heavy atom. The monoisotopic (exact) mass is 356 g/mol. The van der Waals surface area contributed by atoms with E-state index in [2.05, 4.69) is 31.1 Å². The molecule has 0 radical (unpaired) electrons. The number of nitrogens with zero attached hydrogens (tertiary/aromatic N) is 2. The first-order chi connectivity index (χ1) is 12.2. The lowest BCUT2D eigenvalue weighted by Gasteiger charge is -2.14. The van der Waals surface area contributed by atoms with Crippen molar-refractivity contribution in [3.05, 3.63) is 59.4 Å². The van der Waals surface area contributed by atoms with Crippen LogP contribution in [0.15, 0.2) is 48.8 Å². The van der Waals surface area contributed by atoms with Gasteiger partial charge in [-0.2, -0.15) is 5.10 Å². The van der Waals surface area contributed by atoms with Gasteiger partial charge in [-0.1, -0.05) is 23.7 Å². The molecule has 0 atom stereocenters. The summed E-state index contributed by atoms with van der Waals surface area (Å²) in [4.78, 5) is 16.4. The number of H-pyrrole nitrogens is 1. The Kier molecular flexibility index (Phi) is 5.15. The molecule has 0 aliphatic carbocycles. The van der Waals surface area contributed by atoms with E-state index >= 15 is 0 Å². The molecule has 25 heavy (non-hydrogen) atoms. The average Bonchev–Trinajstić information content (AvgIpc) is 3.11. The number of halogens is 1. The zero-order valence-electron chi connectivity index (χ0n) is 13.5. The normalized spacial score (nSPS) is 10.3. The van der Waals surface area contributed by atoms with Crippen molar-refractivity contribution < 1.29 is 4.79 Å². The van der Waals surface area contributed by atoms with Crippen molar-refractivity contribution in [2.75, 3.05) is 17.2 Å². The SMILES string of the molecule is CCNC(=O)c1ccccc1Nc1cc(Nc2ccn[nH]2)ncc1Cl. The van der Waals surface area contributed by atoms with Crippen molar-refractivity contribution in [3.8, 4) is 0 Å². The van der Waals surface area contributed by atoms with Gasteiger partial charge in [0.2, 0.25) is 0 Å². The van der Waals surface area contributed by atoms with Gasteiger partial charge in [0.25, 0.3) is 5.91 Å². The Hall–Kier alpha value is -3.06. The number of carbonyl (C=O) groups excluding carboxylic acids is 1. The number of hydrogen-bond donors (Lipinski definition) is 4. The summed E-state index contributed by atoms with van der Waals surface area (Å²) in [6.07, 6.45) is 3.18. The molecule has 8 heteroatoms. The standard InChI is InChI=1S/C17H17ClN6O/c1-2-19-17(25)11-5-3-4-6-13(11)22-14-9-16(20-10-12(14)18)23-15-7-8-21-24-15/h3-10H,2H2,1H3,(H,19,25)(H3,20,21,22,23,24). The van der Waals surface area contributed by atoms with Crippen LogP contribution in [0.5, 0.6) is 0 Å². The molecule has 3 rings (SSSR count). The first-order valence-corrected chi connectivity index (χ1v) is 8.11. The first kappa shape index (κ1) is 16.8. The molecule has 0 aliphatic rings. The van der Waals surface area contributed by atoms with Crippen LogP contribution in [-0.4, -0.2) is 27.6 Å². The fourth-order valence-electron chi connectivity index (χ4n) is 2.26. The minimum absolute atomic E-state index is 0.147. The molecular formula is C17H17ClN6O. The van der Waals surface area contributed by atoms with Gasteiger partial charge < -0.3 is 16.0 Å². The van der Waals surface area contributed by atoms with Gasteiger partial charge in [-0.3, -0.25) is 9.89 Å². The Morgan fingerprint density at radius 3 is 2.80 bits per heavy atom. The second-order valence-electron chi connectivity index (χ2n) is 5.17. The van der Waals surface area contributed by atoms with Gasteiger partial charge in [0, 0.05) is 18.7 Å². The Labute approximate surface area is 149 Å². The highest BCUT2D eigenvalue weighted by atomic mass is 35.5. The van der Waals surface area contributed by atoms with E-state index in [1.54, 1.807) is 24.4 Å². The van der Waals surface area contributed by atoms with Crippen LogP contribution in [0.1, 0.15) is 17.3 Å². The van der Waals surface area contributed by atoms with Crippen LogP contribution in [0.25, 0.3) is 0 Å². The molecule has 0 saturated heterocycles. The van der Waals surface area contributed by atoms with Crippen molar-refractivity contribution in [2.45, 2.75) is 6.92 Å². The topological polar surface area (TPSA) is 94.7 Å². The number of pyridine rings is 1. The molecule has 3 aromatic rings. The highest BCUT2D eigenvalue weighted by Gasteiger charge is 2.12. The van der Waals surface area contributed by atoms with E-state index in [-0.39, 0.29) is 5.91 Å². The smallest absolute Gasteiger partial charge is 0.253 e. The summed E-state index contributed by atoms with van der Waals surface area (Å²) in [5.41, 5.74) is 1.84. The van der Waals surface area contributed by atoms with Crippen LogP contribution >= 0.6 is 11.6 Å². The van der Waals surface area contributed by atoms with E-state index < -0.39 is 0 Å². The van der Waals surface area contributed by atoms with Crippen LogP contribution in [0.3, 0.4) is 0 Å². The second-order valence-corrected chi connectivity index (χ2v) is 5.58. The highest BCUT2D eigenvalue weighted by Crippen LogP contribution is 2.29. The minimum atomic E-state index is -0.147. The molecule has 0 spiro atoms. The molecule has 0 aliphatic heterocycles. The lowest BCUT2D eigenvalue weighted by atomic mass is 10.1. The van der Waals surface area contributed by atoms with Gasteiger partial charge in [0.05, 0.1) is 34.4 Å². The van der Waals surface area contributed by atoms with Gasteiger partial charge in [-0.15, -0.1) is 0 Å². The Balaban J connectivity index is 1.87. The summed E-state index contributed by atoms with van der Waals surface area (Å²) in [5, 5.41) is 16.2. The molecule has 0 bridgehead atoms. The number of amides is 1. The van der Waals surface area contributed by atoms with Gasteiger partial charge >= 0.3 is 0 Å². The third kappa shape index (κ3) is 4.07. The van der Waals surface area contributed by atoms with Crippen LogP contribution in [0.2, 0.25) is 5.02 Å². The van der Waals surface area contributed by atoms with Gasteiger partial charge in [-0.05, 0) is 19.1 Å². The molecule has 7 nitrogen and oxygen atoms in total. The van der Waals surface area contributed by atoms with E-state index in [4.69, 9.17) is 11.6 Å². The fourth-order valence-corrected chi connectivity index (χ4v) is 2.41. The Morgan fingerprint density at radius 1 is 1.20 bits per heavy atom. The Bertz CT molecular complexity index is 865. The van der Waals surface area contributed by atoms with E-state index in [1.807, 2.05) is 25.1 Å². The van der Waals surface area contributed by atoms with Gasteiger partial charge in [-0.25, -0.2) is 4.98 Å². The van der Waals surface area contributed by atoms with E-state index in [0.717, 1.165) is 0 Å². The van der Waals surface area contributed by atoms with Crippen LogP contribution < -0.4 is 16.0 Å². The lowest BCUT2D eigenvalue weighted by molar-refractivity contribution is 0.0956. The number of aromatic amines is 1. The molecule has 1 amide bonds. The van der Waals surface area contributed by atoms with Crippen LogP contribution in [0, 0.1) is 0 Å². The molecule has 0 unspecified atom stereocenters. The van der Waals surface area contributed by atoms with Gasteiger partial charge in [0.15, 0.2) is 0 Å². The summed E-state index contributed by atoms with van der Waals surface area (Å²) in [6, 6.07) is 10.8. The second kappa shape index (κ2) is 7.67. The lowest BCUT2D eigenvalue weighted by Crippen LogP contribution is -2.23. The van der Waals surface area contributed by atoms with Crippen molar-refractivity contribution in [1.29, 1.82) is 0 Å². The summed E-state index contributed by atoms with van der Waals surface area (Å²) in [7, 11) is 0. The maximum absolute atomic E-state index is 12.2. The van der Waals surface area contributed by atoms with E-state index in [1.165, 1.54) is 6.20 Å². The number of para-hydroxylation sites is 1. The van der Waals surface area contributed by atoms with Crippen molar-refractivity contribution in [1.82, 2.24) is 20.5 Å². The van der Waals surface area contributed by atoms with Crippen LogP contribution in [-0.2, 0) is 0 Å². The predicted octanol–water partition coefficient (Wildman–Crippen LogP) is 3.70. The summed E-state index contributed by atoms with van der Waals surface area (Å²) in [5.74, 6) is 1.15. The maximum atomic E-state index is 12.2. The molecule has 0 fully saturated rings. The zero-order valence-corrected chi connectivity index (χ0v) is 14.3. The number of rotatable bonds is 6. The van der Waals surface area contributed by atoms with E-state index in [0.29, 0.717) is 40.1 Å². The van der Waals surface area contributed by atoms with Crippen molar-refractivity contribution in [2.24, 2.45) is 0 Å².